The van der Waals surface area contributed by atoms with Gasteiger partial charge in [-0.05, 0) is 18.4 Å². The molecule has 3 unspecified atom stereocenters. The van der Waals surface area contributed by atoms with Crippen LogP contribution in [-0.2, 0) is 11.3 Å². The summed E-state index contributed by atoms with van der Waals surface area (Å²) in [6.07, 6.45) is 21.5. The van der Waals surface area contributed by atoms with E-state index in [4.69, 9.17) is 4.74 Å². The van der Waals surface area contributed by atoms with Gasteiger partial charge in [0, 0.05) is 12.3 Å². The van der Waals surface area contributed by atoms with Crippen LogP contribution >= 0.6 is 0 Å². The maximum Gasteiger partial charge on any atom is 0.0720 e. The zero-order valence-corrected chi connectivity index (χ0v) is 21.3. The van der Waals surface area contributed by atoms with Gasteiger partial charge >= 0.3 is 0 Å². The van der Waals surface area contributed by atoms with Crippen molar-refractivity contribution in [2.24, 2.45) is 5.92 Å². The molecule has 0 saturated heterocycles. The Labute approximate surface area is 199 Å². The number of aliphatic hydroxyl groups excluding tert-OH is 1. The molecule has 0 aromatic heterocycles. The Balaban J connectivity index is 2.42. The molecule has 1 rings (SSSR count). The van der Waals surface area contributed by atoms with Gasteiger partial charge in [0.25, 0.3) is 0 Å². The Morgan fingerprint density at radius 2 is 1.31 bits per heavy atom. The molecular weight excluding hydrogens is 392 g/mol. The highest BCUT2D eigenvalue weighted by Gasteiger charge is 2.21. The van der Waals surface area contributed by atoms with Gasteiger partial charge in [-0.15, -0.1) is 6.58 Å². The van der Waals surface area contributed by atoms with E-state index in [1.54, 1.807) is 0 Å². The SMILES string of the molecule is C=CC(CCCCCC)C(O)CC(CCCCCCCCCCC)OCc1ccccc1. The molecular formula is C30H52O2. The van der Waals surface area contributed by atoms with Gasteiger partial charge in [0.05, 0.1) is 18.8 Å². The predicted molar refractivity (Wildman–Crippen MR) is 140 cm³/mol. The minimum atomic E-state index is -0.353. The number of hydrogen-bond acceptors (Lipinski definition) is 2. The predicted octanol–water partition coefficient (Wildman–Crippen LogP) is 9.02. The monoisotopic (exact) mass is 444 g/mol. The van der Waals surface area contributed by atoms with Crippen molar-refractivity contribution in [3.8, 4) is 0 Å². The van der Waals surface area contributed by atoms with Crippen molar-refractivity contribution in [2.75, 3.05) is 0 Å². The molecule has 1 aromatic carbocycles. The summed E-state index contributed by atoms with van der Waals surface area (Å²) in [5.74, 6) is 0.179. The maximum absolute atomic E-state index is 10.9. The fourth-order valence-corrected chi connectivity index (χ4v) is 4.46. The van der Waals surface area contributed by atoms with Gasteiger partial charge in [-0.1, -0.05) is 134 Å². The molecule has 0 amide bonds. The van der Waals surface area contributed by atoms with Crippen molar-refractivity contribution >= 4 is 0 Å². The van der Waals surface area contributed by atoms with Crippen LogP contribution < -0.4 is 0 Å². The molecule has 0 bridgehead atoms. The number of ether oxygens (including phenoxy) is 1. The number of hydrogen-bond donors (Lipinski definition) is 1. The van der Waals surface area contributed by atoms with Crippen LogP contribution in [0.15, 0.2) is 43.0 Å². The highest BCUT2D eigenvalue weighted by atomic mass is 16.5. The second kappa shape index (κ2) is 20.5. The first-order chi connectivity index (χ1) is 15.7. The summed E-state index contributed by atoms with van der Waals surface area (Å²) in [5.41, 5.74) is 1.21. The molecule has 0 saturated carbocycles. The summed E-state index contributed by atoms with van der Waals surface area (Å²) in [6, 6.07) is 10.4. The summed E-state index contributed by atoms with van der Waals surface area (Å²) in [4.78, 5) is 0. The molecule has 0 aliphatic carbocycles. The summed E-state index contributed by atoms with van der Waals surface area (Å²) < 4.78 is 6.31. The Bertz CT molecular complexity index is 527. The minimum Gasteiger partial charge on any atom is -0.392 e. The minimum absolute atomic E-state index is 0.118. The van der Waals surface area contributed by atoms with Gasteiger partial charge in [0.1, 0.15) is 0 Å². The number of unbranched alkanes of at least 4 members (excludes halogenated alkanes) is 11. The van der Waals surface area contributed by atoms with Crippen LogP contribution in [0.4, 0.5) is 0 Å². The van der Waals surface area contributed by atoms with Gasteiger partial charge in [0.15, 0.2) is 0 Å². The van der Waals surface area contributed by atoms with E-state index in [-0.39, 0.29) is 18.1 Å². The van der Waals surface area contributed by atoms with E-state index in [0.29, 0.717) is 13.0 Å². The molecule has 0 radical (unpaired) electrons. The number of benzene rings is 1. The molecule has 0 aliphatic heterocycles. The van der Waals surface area contributed by atoms with Gasteiger partial charge in [-0.2, -0.15) is 0 Å². The zero-order valence-electron chi connectivity index (χ0n) is 21.3. The van der Waals surface area contributed by atoms with Crippen molar-refractivity contribution in [1.82, 2.24) is 0 Å². The van der Waals surface area contributed by atoms with Crippen LogP contribution in [0, 0.1) is 5.92 Å². The third-order valence-corrected chi connectivity index (χ3v) is 6.65. The van der Waals surface area contributed by atoms with Crippen LogP contribution in [0.5, 0.6) is 0 Å². The van der Waals surface area contributed by atoms with E-state index < -0.39 is 0 Å². The second-order valence-corrected chi connectivity index (χ2v) is 9.59. The molecule has 0 spiro atoms. The fraction of sp³-hybridized carbons (Fsp3) is 0.733. The summed E-state index contributed by atoms with van der Waals surface area (Å²) in [6.45, 7) is 9.15. The van der Waals surface area contributed by atoms with E-state index in [0.717, 1.165) is 12.8 Å². The van der Waals surface area contributed by atoms with Gasteiger partial charge in [0.2, 0.25) is 0 Å². The van der Waals surface area contributed by atoms with Gasteiger partial charge in [-0.25, -0.2) is 0 Å². The van der Waals surface area contributed by atoms with Crippen molar-refractivity contribution in [1.29, 1.82) is 0 Å². The van der Waals surface area contributed by atoms with Gasteiger partial charge < -0.3 is 9.84 Å². The average Bonchev–Trinajstić information content (AvgIpc) is 2.82. The zero-order chi connectivity index (χ0) is 23.3. The molecule has 32 heavy (non-hydrogen) atoms. The van der Waals surface area contributed by atoms with E-state index >= 15 is 0 Å². The molecule has 1 aromatic rings. The Kier molecular flexibility index (Phi) is 18.5. The third-order valence-electron chi connectivity index (χ3n) is 6.65. The lowest BCUT2D eigenvalue weighted by molar-refractivity contribution is -0.0122. The Morgan fingerprint density at radius 3 is 1.91 bits per heavy atom. The lowest BCUT2D eigenvalue weighted by atomic mass is 9.90. The average molecular weight is 445 g/mol. The maximum atomic E-state index is 10.9. The molecule has 3 atom stereocenters. The Hall–Kier alpha value is -1.12. The van der Waals surface area contributed by atoms with Crippen LogP contribution in [0.1, 0.15) is 122 Å². The van der Waals surface area contributed by atoms with Crippen molar-refractivity contribution in [3.63, 3.8) is 0 Å². The lowest BCUT2D eigenvalue weighted by Crippen LogP contribution is -2.26. The molecule has 2 nitrogen and oxygen atoms in total. The molecule has 0 heterocycles. The largest absolute Gasteiger partial charge is 0.392 e. The van der Waals surface area contributed by atoms with E-state index in [2.05, 4.69) is 44.7 Å². The van der Waals surface area contributed by atoms with Crippen LogP contribution in [-0.4, -0.2) is 17.3 Å². The fourth-order valence-electron chi connectivity index (χ4n) is 4.46. The number of aliphatic hydroxyl groups is 1. The van der Waals surface area contributed by atoms with E-state index in [9.17, 15) is 5.11 Å². The molecule has 1 N–H and O–H groups in total. The number of rotatable bonds is 22. The Morgan fingerprint density at radius 1 is 0.781 bits per heavy atom. The third kappa shape index (κ3) is 14.9. The molecule has 184 valence electrons. The lowest BCUT2D eigenvalue weighted by Gasteiger charge is -2.25. The first-order valence-electron chi connectivity index (χ1n) is 13.7. The van der Waals surface area contributed by atoms with Crippen LogP contribution in [0.2, 0.25) is 0 Å². The van der Waals surface area contributed by atoms with E-state index in [1.165, 1.54) is 89.0 Å². The highest BCUT2D eigenvalue weighted by molar-refractivity contribution is 5.13. The molecule has 0 fully saturated rings. The van der Waals surface area contributed by atoms with Crippen LogP contribution in [0.25, 0.3) is 0 Å². The van der Waals surface area contributed by atoms with Crippen molar-refractivity contribution in [3.05, 3.63) is 48.6 Å². The first kappa shape index (κ1) is 28.9. The first-order valence-corrected chi connectivity index (χ1v) is 13.7. The van der Waals surface area contributed by atoms with E-state index in [1.807, 2.05) is 12.1 Å². The standard InChI is InChI=1S/C30H52O2/c1-4-7-9-11-12-13-14-15-20-24-29(32-26-27-21-17-16-18-22-27)25-30(31)28(6-3)23-19-10-8-5-2/h6,16-18,21-22,28-31H,3-5,7-15,19-20,23-26H2,1-2H3. The quantitative estimate of drug-likeness (QED) is 0.143. The molecule has 2 heteroatoms. The van der Waals surface area contributed by atoms with Crippen molar-refractivity contribution in [2.45, 2.75) is 135 Å². The summed E-state index contributed by atoms with van der Waals surface area (Å²) in [7, 11) is 0. The van der Waals surface area contributed by atoms with Crippen LogP contribution in [0.3, 0.4) is 0 Å². The highest BCUT2D eigenvalue weighted by Crippen LogP contribution is 2.23. The summed E-state index contributed by atoms with van der Waals surface area (Å²) in [5, 5.41) is 10.9. The second-order valence-electron chi connectivity index (χ2n) is 9.59. The summed E-state index contributed by atoms with van der Waals surface area (Å²) >= 11 is 0. The smallest absolute Gasteiger partial charge is 0.0720 e. The topological polar surface area (TPSA) is 29.5 Å². The van der Waals surface area contributed by atoms with Gasteiger partial charge in [-0.3, -0.25) is 0 Å². The molecule has 0 aliphatic rings. The normalized spacial score (nSPS) is 14.2. The van der Waals surface area contributed by atoms with Crippen molar-refractivity contribution < 1.29 is 9.84 Å².